The van der Waals surface area contributed by atoms with Gasteiger partial charge in [0, 0.05) is 13.6 Å². The fourth-order valence-electron chi connectivity index (χ4n) is 2.56. The van der Waals surface area contributed by atoms with Crippen molar-refractivity contribution >= 4 is 11.8 Å². The van der Waals surface area contributed by atoms with E-state index in [-0.39, 0.29) is 24.2 Å². The molecule has 0 radical (unpaired) electrons. The number of hydrogen-bond donors (Lipinski definition) is 1. The fourth-order valence-corrected chi connectivity index (χ4v) is 2.56. The highest BCUT2D eigenvalue weighted by Crippen LogP contribution is 2.15. The van der Waals surface area contributed by atoms with Crippen LogP contribution < -0.4 is 10.1 Å². The lowest BCUT2D eigenvalue weighted by Crippen LogP contribution is -2.49. The summed E-state index contributed by atoms with van der Waals surface area (Å²) in [6, 6.07) is 14.9. The molecule has 0 aliphatic heterocycles. The fraction of sp³-hybridized carbons (Fsp3) is 0.300. The molecule has 0 saturated carbocycles. The second kappa shape index (κ2) is 9.56. The van der Waals surface area contributed by atoms with E-state index < -0.39 is 11.9 Å². The molecule has 2 amide bonds. The van der Waals surface area contributed by atoms with E-state index in [1.165, 1.54) is 24.1 Å². The Morgan fingerprint density at radius 3 is 2.42 bits per heavy atom. The van der Waals surface area contributed by atoms with E-state index in [1.807, 2.05) is 30.3 Å². The van der Waals surface area contributed by atoms with Crippen LogP contribution in [0.1, 0.15) is 12.5 Å². The Balaban J connectivity index is 2.05. The summed E-state index contributed by atoms with van der Waals surface area (Å²) in [7, 11) is 1.52. The monoisotopic (exact) mass is 358 g/mol. The van der Waals surface area contributed by atoms with Gasteiger partial charge in [-0.3, -0.25) is 9.59 Å². The lowest BCUT2D eigenvalue weighted by Gasteiger charge is -2.28. The van der Waals surface area contributed by atoms with Gasteiger partial charge >= 0.3 is 0 Å². The van der Waals surface area contributed by atoms with Crippen LogP contribution in [-0.4, -0.2) is 43.0 Å². The molecule has 0 heterocycles. The number of hydrogen-bond acceptors (Lipinski definition) is 3. The van der Waals surface area contributed by atoms with Gasteiger partial charge in [-0.25, -0.2) is 4.39 Å². The van der Waals surface area contributed by atoms with E-state index in [0.717, 1.165) is 5.56 Å². The van der Waals surface area contributed by atoms with E-state index in [9.17, 15) is 14.0 Å². The van der Waals surface area contributed by atoms with Crippen LogP contribution in [0.5, 0.6) is 5.75 Å². The molecular formula is C20H23FN2O3. The van der Waals surface area contributed by atoms with Gasteiger partial charge in [-0.2, -0.15) is 0 Å². The molecule has 0 aliphatic rings. The van der Waals surface area contributed by atoms with E-state index >= 15 is 0 Å². The number of halogens is 1. The minimum absolute atomic E-state index is 0.0106. The van der Waals surface area contributed by atoms with Gasteiger partial charge in [0.1, 0.15) is 6.04 Å². The number of ether oxygens (including phenoxy) is 1. The Morgan fingerprint density at radius 2 is 1.77 bits per heavy atom. The first-order chi connectivity index (χ1) is 12.5. The molecule has 1 N–H and O–H groups in total. The highest BCUT2D eigenvalue weighted by Gasteiger charge is 2.25. The molecule has 26 heavy (non-hydrogen) atoms. The number of nitrogens with zero attached hydrogens (tertiary/aromatic N) is 1. The van der Waals surface area contributed by atoms with Crippen LogP contribution in [-0.2, 0) is 16.0 Å². The first-order valence-electron chi connectivity index (χ1n) is 8.45. The lowest BCUT2D eigenvalue weighted by molar-refractivity contribution is -0.141. The average molecular weight is 358 g/mol. The third-order valence-corrected chi connectivity index (χ3v) is 4.09. The molecule has 0 aliphatic carbocycles. The SMILES string of the molecule is CNC(=O)[C@H](C)N(CCc1ccccc1)C(=O)COc1ccccc1F. The van der Waals surface area contributed by atoms with Crippen LogP contribution in [0, 0.1) is 5.82 Å². The maximum absolute atomic E-state index is 13.6. The largest absolute Gasteiger partial charge is 0.481 e. The predicted octanol–water partition coefficient (Wildman–Crippen LogP) is 2.41. The number of para-hydroxylation sites is 1. The highest BCUT2D eigenvalue weighted by atomic mass is 19.1. The third kappa shape index (κ3) is 5.31. The van der Waals surface area contributed by atoms with Gasteiger partial charge < -0.3 is 15.0 Å². The minimum Gasteiger partial charge on any atom is -0.481 e. The standard InChI is InChI=1S/C20H23FN2O3/c1-15(20(25)22-2)23(13-12-16-8-4-3-5-9-16)19(24)14-26-18-11-7-6-10-17(18)21/h3-11,15H,12-14H2,1-2H3,(H,22,25)/t15-/m0/s1. The van der Waals surface area contributed by atoms with Crippen LogP contribution in [0.3, 0.4) is 0 Å². The molecule has 0 aromatic heterocycles. The Kier molecular flexibility index (Phi) is 7.14. The maximum Gasteiger partial charge on any atom is 0.261 e. The summed E-state index contributed by atoms with van der Waals surface area (Å²) in [6.45, 7) is 1.68. The van der Waals surface area contributed by atoms with Crippen LogP contribution in [0.25, 0.3) is 0 Å². The van der Waals surface area contributed by atoms with Crippen molar-refractivity contribution in [2.45, 2.75) is 19.4 Å². The number of amides is 2. The normalized spacial score (nSPS) is 11.5. The van der Waals surface area contributed by atoms with Gasteiger partial charge in [0.2, 0.25) is 5.91 Å². The summed E-state index contributed by atoms with van der Waals surface area (Å²) >= 11 is 0. The lowest BCUT2D eigenvalue weighted by atomic mass is 10.1. The second-order valence-corrected chi connectivity index (χ2v) is 5.83. The molecule has 5 nitrogen and oxygen atoms in total. The smallest absolute Gasteiger partial charge is 0.261 e. The molecule has 0 spiro atoms. The summed E-state index contributed by atoms with van der Waals surface area (Å²) in [5, 5.41) is 2.55. The number of rotatable bonds is 8. The molecule has 2 rings (SSSR count). The molecule has 2 aromatic rings. The number of carbonyl (C=O) groups excluding carboxylic acids is 2. The van der Waals surface area contributed by atoms with Gasteiger partial charge in [0.25, 0.3) is 5.91 Å². The van der Waals surface area contributed by atoms with Crippen molar-refractivity contribution < 1.29 is 18.7 Å². The van der Waals surface area contributed by atoms with E-state index in [1.54, 1.807) is 19.1 Å². The predicted molar refractivity (Wildman–Crippen MR) is 97.3 cm³/mol. The summed E-state index contributed by atoms with van der Waals surface area (Å²) < 4.78 is 18.9. The van der Waals surface area contributed by atoms with Gasteiger partial charge in [-0.15, -0.1) is 0 Å². The zero-order valence-corrected chi connectivity index (χ0v) is 14.9. The third-order valence-electron chi connectivity index (χ3n) is 4.09. The zero-order valence-electron chi connectivity index (χ0n) is 14.9. The second-order valence-electron chi connectivity index (χ2n) is 5.83. The van der Waals surface area contributed by atoms with E-state index in [4.69, 9.17) is 4.74 Å². The first kappa shape index (κ1) is 19.4. The van der Waals surface area contributed by atoms with E-state index in [2.05, 4.69) is 5.32 Å². The van der Waals surface area contributed by atoms with Crippen molar-refractivity contribution in [3.8, 4) is 5.75 Å². The van der Waals surface area contributed by atoms with Crippen LogP contribution in [0.15, 0.2) is 54.6 Å². The van der Waals surface area contributed by atoms with Crippen molar-refractivity contribution in [3.63, 3.8) is 0 Å². The Hall–Kier alpha value is -2.89. The quantitative estimate of drug-likeness (QED) is 0.788. The van der Waals surface area contributed by atoms with Crippen molar-refractivity contribution in [2.75, 3.05) is 20.2 Å². The number of benzene rings is 2. The summed E-state index contributed by atoms with van der Waals surface area (Å²) in [6.07, 6.45) is 0.605. The molecule has 1 atom stereocenters. The zero-order chi connectivity index (χ0) is 18.9. The molecule has 138 valence electrons. The first-order valence-corrected chi connectivity index (χ1v) is 8.45. The molecule has 0 saturated heterocycles. The molecular weight excluding hydrogens is 335 g/mol. The van der Waals surface area contributed by atoms with E-state index in [0.29, 0.717) is 13.0 Å². The number of carbonyl (C=O) groups is 2. The average Bonchev–Trinajstić information content (AvgIpc) is 2.67. The van der Waals surface area contributed by atoms with Gasteiger partial charge in [-0.1, -0.05) is 42.5 Å². The Bertz CT molecular complexity index is 737. The number of likely N-dealkylation sites (N-methyl/N-ethyl adjacent to an activating group) is 1. The van der Waals surface area contributed by atoms with Gasteiger partial charge in [0.05, 0.1) is 0 Å². The Morgan fingerprint density at radius 1 is 1.12 bits per heavy atom. The molecule has 2 aromatic carbocycles. The summed E-state index contributed by atoms with van der Waals surface area (Å²) in [5.74, 6) is -1.16. The molecule has 0 fully saturated rings. The van der Waals surface area contributed by atoms with Crippen molar-refractivity contribution in [3.05, 3.63) is 66.0 Å². The van der Waals surface area contributed by atoms with Gasteiger partial charge in [-0.05, 0) is 31.0 Å². The topological polar surface area (TPSA) is 58.6 Å². The number of nitrogens with one attached hydrogen (secondary N) is 1. The summed E-state index contributed by atoms with van der Waals surface area (Å²) in [4.78, 5) is 26.1. The van der Waals surface area contributed by atoms with Crippen molar-refractivity contribution in [1.29, 1.82) is 0 Å². The van der Waals surface area contributed by atoms with Crippen LogP contribution in [0.2, 0.25) is 0 Å². The summed E-state index contributed by atoms with van der Waals surface area (Å²) in [5.41, 5.74) is 1.06. The van der Waals surface area contributed by atoms with Crippen molar-refractivity contribution in [2.24, 2.45) is 0 Å². The molecule has 6 heteroatoms. The van der Waals surface area contributed by atoms with Crippen molar-refractivity contribution in [1.82, 2.24) is 10.2 Å². The maximum atomic E-state index is 13.6. The molecule has 0 bridgehead atoms. The van der Waals surface area contributed by atoms with Gasteiger partial charge in [0.15, 0.2) is 18.2 Å². The van der Waals surface area contributed by atoms with Crippen LogP contribution >= 0.6 is 0 Å². The minimum atomic E-state index is -0.652. The highest BCUT2D eigenvalue weighted by molar-refractivity contribution is 5.87. The molecule has 0 unspecified atom stereocenters. The van der Waals surface area contributed by atoms with Crippen LogP contribution in [0.4, 0.5) is 4.39 Å². The Labute approximate surface area is 152 Å².